The fourth-order valence-corrected chi connectivity index (χ4v) is 2.42. The van der Waals surface area contributed by atoms with E-state index in [0.29, 0.717) is 3.57 Å². The summed E-state index contributed by atoms with van der Waals surface area (Å²) in [5.41, 5.74) is -0.0176. The van der Waals surface area contributed by atoms with Gasteiger partial charge in [0.2, 0.25) is 0 Å². The third kappa shape index (κ3) is 3.57. The van der Waals surface area contributed by atoms with Crippen LogP contribution >= 0.6 is 45.8 Å². The van der Waals surface area contributed by atoms with Gasteiger partial charge < -0.3 is 5.32 Å². The van der Waals surface area contributed by atoms with Crippen LogP contribution in [0.15, 0.2) is 24.5 Å². The van der Waals surface area contributed by atoms with E-state index in [0.717, 1.165) is 6.33 Å². The van der Waals surface area contributed by atoms with Crippen LogP contribution < -0.4 is 5.32 Å². The number of benzene rings is 1. The Balaban J connectivity index is 2.37. The average molecular weight is 439 g/mol. The number of nitrogens with zero attached hydrogens (tertiary/aromatic N) is 3. The van der Waals surface area contributed by atoms with Crippen molar-refractivity contribution >= 4 is 63.1 Å². The Bertz CT molecular complexity index is 721. The van der Waals surface area contributed by atoms with Crippen molar-refractivity contribution in [2.75, 3.05) is 5.32 Å². The number of nitro groups is 1. The Labute approximate surface area is 142 Å². The lowest BCUT2D eigenvalue weighted by Crippen LogP contribution is -2.15. The number of nitrogens with one attached hydrogen (secondary N) is 1. The molecule has 2 aromatic rings. The molecular formula is C11H5Cl2IN4O3. The van der Waals surface area contributed by atoms with E-state index in [1.807, 2.05) is 22.6 Å². The Kier molecular flexibility index (Phi) is 4.91. The smallest absolute Gasteiger partial charge is 0.270 e. The van der Waals surface area contributed by atoms with Gasteiger partial charge in [0.25, 0.3) is 11.6 Å². The molecule has 0 aliphatic carbocycles. The van der Waals surface area contributed by atoms with Crippen LogP contribution in [-0.4, -0.2) is 20.8 Å². The zero-order valence-corrected chi connectivity index (χ0v) is 13.7. The van der Waals surface area contributed by atoms with Crippen LogP contribution in [0.5, 0.6) is 0 Å². The molecule has 0 radical (unpaired) electrons. The van der Waals surface area contributed by atoms with Gasteiger partial charge in [0, 0.05) is 15.7 Å². The Morgan fingerprint density at radius 2 is 1.90 bits per heavy atom. The van der Waals surface area contributed by atoms with Crippen molar-refractivity contribution in [1.82, 2.24) is 9.97 Å². The first-order chi connectivity index (χ1) is 9.90. The second kappa shape index (κ2) is 6.50. The van der Waals surface area contributed by atoms with Gasteiger partial charge in [0.15, 0.2) is 10.3 Å². The maximum absolute atomic E-state index is 12.2. The lowest BCUT2D eigenvalue weighted by atomic mass is 10.2. The standard InChI is InChI=1S/C11H5Cl2IN4O3/c12-9-8(10(13)16-4-15-9)17-11(19)6-3-5(18(20)21)1-2-7(6)14/h1-4H,(H,17,19). The molecule has 0 bridgehead atoms. The molecule has 0 aliphatic rings. The number of carbonyl (C=O) groups is 1. The molecule has 1 aromatic carbocycles. The summed E-state index contributed by atoms with van der Waals surface area (Å²) in [6.07, 6.45) is 1.15. The van der Waals surface area contributed by atoms with Gasteiger partial charge in [-0.05, 0) is 28.7 Å². The minimum absolute atomic E-state index is 0.0243. The summed E-state index contributed by atoms with van der Waals surface area (Å²) in [6.45, 7) is 0. The summed E-state index contributed by atoms with van der Waals surface area (Å²) in [6, 6.07) is 3.95. The first-order valence-corrected chi connectivity index (χ1v) is 7.15. The Morgan fingerprint density at radius 1 is 1.29 bits per heavy atom. The van der Waals surface area contributed by atoms with E-state index in [9.17, 15) is 14.9 Å². The highest BCUT2D eigenvalue weighted by Gasteiger charge is 2.18. The number of hydrogen-bond acceptors (Lipinski definition) is 5. The van der Waals surface area contributed by atoms with Crippen molar-refractivity contribution < 1.29 is 9.72 Å². The van der Waals surface area contributed by atoms with E-state index < -0.39 is 10.8 Å². The van der Waals surface area contributed by atoms with Gasteiger partial charge in [-0.25, -0.2) is 9.97 Å². The molecular weight excluding hydrogens is 434 g/mol. The van der Waals surface area contributed by atoms with Gasteiger partial charge in [-0.3, -0.25) is 14.9 Å². The molecule has 1 amide bonds. The largest absolute Gasteiger partial charge is 0.317 e. The van der Waals surface area contributed by atoms with Crippen molar-refractivity contribution in [2.45, 2.75) is 0 Å². The number of non-ortho nitro benzene ring substituents is 1. The van der Waals surface area contributed by atoms with Gasteiger partial charge in [0.1, 0.15) is 12.0 Å². The number of hydrogen-bond donors (Lipinski definition) is 1. The number of amides is 1. The number of nitro benzene ring substituents is 1. The molecule has 1 N–H and O–H groups in total. The highest BCUT2D eigenvalue weighted by atomic mass is 127. The quantitative estimate of drug-likeness (QED) is 0.342. The molecule has 0 aliphatic heterocycles. The second-order valence-corrected chi connectivity index (χ2v) is 5.58. The van der Waals surface area contributed by atoms with E-state index in [-0.39, 0.29) is 27.2 Å². The van der Waals surface area contributed by atoms with Gasteiger partial charge in [0.05, 0.1) is 10.5 Å². The molecule has 0 fully saturated rings. The predicted molar refractivity (Wildman–Crippen MR) is 85.8 cm³/mol. The van der Waals surface area contributed by atoms with Crippen molar-refractivity contribution in [2.24, 2.45) is 0 Å². The highest BCUT2D eigenvalue weighted by molar-refractivity contribution is 14.1. The summed E-state index contributed by atoms with van der Waals surface area (Å²) in [4.78, 5) is 29.8. The molecule has 21 heavy (non-hydrogen) atoms. The minimum atomic E-state index is -0.596. The summed E-state index contributed by atoms with van der Waals surface area (Å²) in [7, 11) is 0. The SMILES string of the molecule is O=C(Nc1c(Cl)ncnc1Cl)c1cc([N+](=O)[O-])ccc1I. The van der Waals surface area contributed by atoms with Crippen LogP contribution in [0.25, 0.3) is 0 Å². The third-order valence-electron chi connectivity index (χ3n) is 2.40. The maximum Gasteiger partial charge on any atom is 0.270 e. The first-order valence-electron chi connectivity index (χ1n) is 5.31. The molecule has 2 rings (SSSR count). The molecule has 0 spiro atoms. The minimum Gasteiger partial charge on any atom is -0.317 e. The van der Waals surface area contributed by atoms with Crippen LogP contribution in [0.1, 0.15) is 10.4 Å². The van der Waals surface area contributed by atoms with Gasteiger partial charge in [-0.2, -0.15) is 0 Å². The molecule has 1 heterocycles. The Morgan fingerprint density at radius 3 is 2.48 bits per heavy atom. The predicted octanol–water partition coefficient (Wildman–Crippen LogP) is 3.55. The Hall–Kier alpha value is -1.52. The molecule has 0 atom stereocenters. The maximum atomic E-state index is 12.2. The van der Waals surface area contributed by atoms with Crippen molar-refractivity contribution in [3.05, 3.63) is 54.1 Å². The van der Waals surface area contributed by atoms with E-state index >= 15 is 0 Å². The van der Waals surface area contributed by atoms with Crippen molar-refractivity contribution in [3.8, 4) is 0 Å². The number of anilines is 1. The number of halogens is 3. The van der Waals surface area contributed by atoms with Crippen LogP contribution in [-0.2, 0) is 0 Å². The fraction of sp³-hybridized carbons (Fsp3) is 0. The third-order valence-corrected chi connectivity index (χ3v) is 3.91. The molecule has 0 unspecified atom stereocenters. The zero-order chi connectivity index (χ0) is 15.6. The van der Waals surface area contributed by atoms with E-state index in [2.05, 4.69) is 15.3 Å². The molecule has 1 aromatic heterocycles. The topological polar surface area (TPSA) is 98.0 Å². The lowest BCUT2D eigenvalue weighted by molar-refractivity contribution is -0.384. The molecule has 108 valence electrons. The lowest BCUT2D eigenvalue weighted by Gasteiger charge is -2.08. The fourth-order valence-electron chi connectivity index (χ4n) is 1.43. The molecule has 0 saturated carbocycles. The summed E-state index contributed by atoms with van der Waals surface area (Å²) in [5.74, 6) is -0.596. The monoisotopic (exact) mass is 438 g/mol. The normalized spacial score (nSPS) is 10.2. The van der Waals surface area contributed by atoms with Gasteiger partial charge in [-0.15, -0.1) is 0 Å². The van der Waals surface area contributed by atoms with E-state index in [1.165, 1.54) is 18.2 Å². The van der Waals surface area contributed by atoms with E-state index in [1.54, 1.807) is 0 Å². The van der Waals surface area contributed by atoms with Crippen LogP contribution in [0, 0.1) is 13.7 Å². The highest BCUT2D eigenvalue weighted by Crippen LogP contribution is 2.27. The van der Waals surface area contributed by atoms with Crippen LogP contribution in [0.3, 0.4) is 0 Å². The van der Waals surface area contributed by atoms with Crippen LogP contribution in [0.2, 0.25) is 10.3 Å². The zero-order valence-electron chi connectivity index (χ0n) is 10.0. The van der Waals surface area contributed by atoms with Crippen molar-refractivity contribution in [1.29, 1.82) is 0 Å². The summed E-state index contributed by atoms with van der Waals surface area (Å²) in [5, 5.41) is 13.2. The van der Waals surface area contributed by atoms with Crippen molar-refractivity contribution in [3.63, 3.8) is 0 Å². The number of aromatic nitrogens is 2. The van der Waals surface area contributed by atoms with Gasteiger partial charge in [-0.1, -0.05) is 23.2 Å². The first kappa shape index (κ1) is 15.9. The number of rotatable bonds is 3. The average Bonchev–Trinajstić information content (AvgIpc) is 2.43. The van der Waals surface area contributed by atoms with E-state index in [4.69, 9.17) is 23.2 Å². The molecule has 10 heteroatoms. The summed E-state index contributed by atoms with van der Waals surface area (Å²) >= 11 is 13.5. The van der Waals surface area contributed by atoms with Gasteiger partial charge >= 0.3 is 0 Å². The second-order valence-electron chi connectivity index (χ2n) is 3.71. The number of carbonyl (C=O) groups excluding carboxylic acids is 1. The molecule has 7 nitrogen and oxygen atoms in total. The molecule has 0 saturated heterocycles. The summed E-state index contributed by atoms with van der Waals surface area (Å²) < 4.78 is 0.541. The van der Waals surface area contributed by atoms with Crippen LogP contribution in [0.4, 0.5) is 11.4 Å².